The van der Waals surface area contributed by atoms with Crippen molar-refractivity contribution in [3.05, 3.63) is 40.7 Å². The highest BCUT2D eigenvalue weighted by Crippen LogP contribution is 2.33. The number of hydrogen-bond acceptors (Lipinski definition) is 7. The van der Waals surface area contributed by atoms with Gasteiger partial charge in [-0.1, -0.05) is 25.5 Å². The molecule has 1 aromatic heterocycles. The van der Waals surface area contributed by atoms with Crippen LogP contribution in [0.15, 0.2) is 30.6 Å². The molecule has 1 aromatic carbocycles. The van der Waals surface area contributed by atoms with Crippen LogP contribution in [-0.4, -0.2) is 28.5 Å². The molecule has 8 nitrogen and oxygen atoms in total. The maximum Gasteiger partial charge on any atom is 0.353 e. The molecule has 2 N–H and O–H groups in total. The van der Waals surface area contributed by atoms with Crippen LogP contribution < -0.4 is 15.4 Å². The van der Waals surface area contributed by atoms with E-state index in [9.17, 15) is 10.1 Å². The monoisotopic (exact) mass is 317 g/mol. The maximum atomic E-state index is 11.4. The lowest BCUT2D eigenvalue weighted by atomic mass is 10.3. The number of methoxy groups -OCH3 is 1. The van der Waals surface area contributed by atoms with Crippen molar-refractivity contribution in [3.63, 3.8) is 0 Å². The van der Waals surface area contributed by atoms with Gasteiger partial charge in [0.15, 0.2) is 0 Å². The van der Waals surface area contributed by atoms with Crippen LogP contribution in [0.5, 0.6) is 5.75 Å². The van der Waals surface area contributed by atoms with Crippen molar-refractivity contribution >= 4 is 23.0 Å². The number of benzene rings is 1. The first-order valence-corrected chi connectivity index (χ1v) is 7.30. The van der Waals surface area contributed by atoms with Crippen molar-refractivity contribution in [2.45, 2.75) is 19.8 Å². The summed E-state index contributed by atoms with van der Waals surface area (Å²) in [7, 11) is 1.53. The largest absolute Gasteiger partial charge is 0.495 e. The minimum atomic E-state index is -0.494. The summed E-state index contributed by atoms with van der Waals surface area (Å²) in [6.45, 7) is 2.66. The molecule has 8 heteroatoms. The molecule has 0 spiro atoms. The van der Waals surface area contributed by atoms with Gasteiger partial charge in [0.2, 0.25) is 11.6 Å². The third-order valence-corrected chi connectivity index (χ3v) is 3.19. The molecule has 0 aliphatic carbocycles. The van der Waals surface area contributed by atoms with Crippen LogP contribution in [0.3, 0.4) is 0 Å². The van der Waals surface area contributed by atoms with E-state index in [1.54, 1.807) is 18.2 Å². The first-order chi connectivity index (χ1) is 11.2. The maximum absolute atomic E-state index is 11.4. The summed E-state index contributed by atoms with van der Waals surface area (Å²) in [5.41, 5.74) is 0.408. The van der Waals surface area contributed by atoms with E-state index in [0.29, 0.717) is 18.0 Å². The zero-order valence-corrected chi connectivity index (χ0v) is 13.1. The highest BCUT2D eigenvalue weighted by Gasteiger charge is 2.23. The Balaban J connectivity index is 2.34. The standard InChI is InChI=1S/C15H19N5O3/c1-3-4-9-16-14-13(20(21)22)15(18-10-17-14)19-11-7-5-6-8-12(11)23-2/h5-8,10H,3-4,9H2,1-2H3,(H2,16,17,18,19). The predicted octanol–water partition coefficient (Wildman–Crippen LogP) is 3.35. The number of hydrogen-bond donors (Lipinski definition) is 2. The number of anilines is 3. The molecule has 0 fully saturated rings. The summed E-state index contributed by atoms with van der Waals surface area (Å²) >= 11 is 0. The average Bonchev–Trinajstić information content (AvgIpc) is 2.55. The summed E-state index contributed by atoms with van der Waals surface area (Å²) in [4.78, 5) is 18.9. The van der Waals surface area contributed by atoms with Crippen LogP contribution in [0.4, 0.5) is 23.0 Å². The summed E-state index contributed by atoms with van der Waals surface area (Å²) in [5.74, 6) is 0.894. The van der Waals surface area contributed by atoms with Gasteiger partial charge in [0.05, 0.1) is 17.7 Å². The Morgan fingerprint density at radius 2 is 2.00 bits per heavy atom. The fourth-order valence-electron chi connectivity index (χ4n) is 2.03. The first-order valence-electron chi connectivity index (χ1n) is 7.30. The number of para-hydroxylation sites is 2. The zero-order chi connectivity index (χ0) is 16.7. The number of nitro groups is 1. The average molecular weight is 317 g/mol. The van der Waals surface area contributed by atoms with E-state index in [-0.39, 0.29) is 17.3 Å². The molecule has 0 unspecified atom stereocenters. The molecule has 23 heavy (non-hydrogen) atoms. The fraction of sp³-hybridized carbons (Fsp3) is 0.333. The van der Waals surface area contributed by atoms with Gasteiger partial charge < -0.3 is 15.4 Å². The van der Waals surface area contributed by atoms with Gasteiger partial charge in [-0.2, -0.15) is 0 Å². The van der Waals surface area contributed by atoms with E-state index in [0.717, 1.165) is 12.8 Å². The molecular formula is C15H19N5O3. The molecule has 0 amide bonds. The molecule has 0 atom stereocenters. The lowest BCUT2D eigenvalue weighted by Crippen LogP contribution is -2.09. The fourth-order valence-corrected chi connectivity index (χ4v) is 2.03. The summed E-state index contributed by atoms with van der Waals surface area (Å²) in [6, 6.07) is 7.14. The number of nitrogens with zero attached hydrogens (tertiary/aromatic N) is 3. The Bertz CT molecular complexity index is 678. The number of unbranched alkanes of at least 4 members (excludes halogenated alkanes) is 1. The van der Waals surface area contributed by atoms with E-state index in [1.807, 2.05) is 13.0 Å². The van der Waals surface area contributed by atoms with E-state index in [2.05, 4.69) is 20.6 Å². The summed E-state index contributed by atoms with van der Waals surface area (Å²) in [6.07, 6.45) is 3.17. The minimum absolute atomic E-state index is 0.119. The molecule has 2 aromatic rings. The lowest BCUT2D eigenvalue weighted by Gasteiger charge is -2.12. The van der Waals surface area contributed by atoms with Crippen LogP contribution in [-0.2, 0) is 0 Å². The Labute approximate surface area is 134 Å². The van der Waals surface area contributed by atoms with Gasteiger partial charge >= 0.3 is 5.69 Å². The second kappa shape index (κ2) is 7.92. The van der Waals surface area contributed by atoms with Gasteiger partial charge in [-0.05, 0) is 18.6 Å². The van der Waals surface area contributed by atoms with Crippen LogP contribution >= 0.6 is 0 Å². The van der Waals surface area contributed by atoms with Crippen molar-refractivity contribution < 1.29 is 9.66 Å². The van der Waals surface area contributed by atoms with Crippen LogP contribution in [0.2, 0.25) is 0 Å². The van der Waals surface area contributed by atoms with Gasteiger partial charge in [0, 0.05) is 6.54 Å². The molecule has 0 bridgehead atoms. The molecule has 0 aliphatic rings. The molecular weight excluding hydrogens is 298 g/mol. The third kappa shape index (κ3) is 4.06. The van der Waals surface area contributed by atoms with Gasteiger partial charge in [0.25, 0.3) is 0 Å². The molecule has 2 rings (SSSR count). The molecule has 122 valence electrons. The Morgan fingerprint density at radius 3 is 2.70 bits per heavy atom. The van der Waals surface area contributed by atoms with Gasteiger partial charge in [-0.3, -0.25) is 10.1 Å². The molecule has 1 heterocycles. The highest BCUT2D eigenvalue weighted by molar-refractivity contribution is 5.75. The van der Waals surface area contributed by atoms with Crippen LogP contribution in [0.1, 0.15) is 19.8 Å². The number of rotatable bonds is 8. The Hall–Kier alpha value is -2.90. The lowest BCUT2D eigenvalue weighted by molar-refractivity contribution is -0.383. The summed E-state index contributed by atoms with van der Waals surface area (Å²) in [5, 5.41) is 17.4. The van der Waals surface area contributed by atoms with Gasteiger partial charge in [0.1, 0.15) is 12.1 Å². The first kappa shape index (κ1) is 16.5. The van der Waals surface area contributed by atoms with Gasteiger partial charge in [-0.25, -0.2) is 9.97 Å². The topological polar surface area (TPSA) is 102 Å². The molecule has 0 aliphatic heterocycles. The van der Waals surface area contributed by atoms with Gasteiger partial charge in [-0.15, -0.1) is 0 Å². The second-order valence-corrected chi connectivity index (χ2v) is 4.78. The second-order valence-electron chi connectivity index (χ2n) is 4.78. The summed E-state index contributed by atoms with van der Waals surface area (Å²) < 4.78 is 5.24. The molecule has 0 saturated heterocycles. The number of ether oxygens (including phenoxy) is 1. The quantitative estimate of drug-likeness (QED) is 0.437. The van der Waals surface area contributed by atoms with Crippen molar-refractivity contribution in [1.29, 1.82) is 0 Å². The molecule has 0 saturated carbocycles. The SMILES string of the molecule is CCCCNc1ncnc(Nc2ccccc2OC)c1[N+](=O)[O-]. The van der Waals surface area contributed by atoms with E-state index < -0.39 is 4.92 Å². The Kier molecular flexibility index (Phi) is 5.67. The van der Waals surface area contributed by atoms with E-state index in [4.69, 9.17) is 4.74 Å². The van der Waals surface area contributed by atoms with Crippen molar-refractivity contribution in [2.75, 3.05) is 24.3 Å². The smallest absolute Gasteiger partial charge is 0.353 e. The van der Waals surface area contributed by atoms with E-state index >= 15 is 0 Å². The zero-order valence-electron chi connectivity index (χ0n) is 13.1. The molecule has 0 radical (unpaired) electrons. The van der Waals surface area contributed by atoms with Crippen LogP contribution in [0, 0.1) is 10.1 Å². The van der Waals surface area contributed by atoms with Crippen LogP contribution in [0.25, 0.3) is 0 Å². The van der Waals surface area contributed by atoms with Crippen molar-refractivity contribution in [2.24, 2.45) is 0 Å². The number of aromatic nitrogens is 2. The third-order valence-electron chi connectivity index (χ3n) is 3.19. The predicted molar refractivity (Wildman–Crippen MR) is 88.4 cm³/mol. The normalized spacial score (nSPS) is 10.2. The van der Waals surface area contributed by atoms with Crippen molar-refractivity contribution in [1.82, 2.24) is 9.97 Å². The Morgan fingerprint density at radius 1 is 1.26 bits per heavy atom. The highest BCUT2D eigenvalue weighted by atomic mass is 16.6. The van der Waals surface area contributed by atoms with E-state index in [1.165, 1.54) is 13.4 Å². The van der Waals surface area contributed by atoms with Crippen molar-refractivity contribution in [3.8, 4) is 5.75 Å². The number of nitrogens with one attached hydrogen (secondary N) is 2. The minimum Gasteiger partial charge on any atom is -0.495 e.